The minimum Gasteiger partial charge on any atom is -0.465 e. The number of amides is 1. The first-order chi connectivity index (χ1) is 8.92. The molecule has 3 N–H and O–H groups in total. The van der Waals surface area contributed by atoms with Gasteiger partial charge in [0, 0.05) is 4.88 Å². The van der Waals surface area contributed by atoms with Gasteiger partial charge in [0.25, 0.3) is 0 Å². The molecule has 106 valence electrons. The number of methoxy groups -OCH3 is 1. The largest absolute Gasteiger partial charge is 0.465 e. The summed E-state index contributed by atoms with van der Waals surface area (Å²) in [7, 11) is 1.32. The third-order valence-electron chi connectivity index (χ3n) is 2.95. The number of rotatable bonds is 5. The van der Waals surface area contributed by atoms with Gasteiger partial charge >= 0.3 is 5.97 Å². The van der Waals surface area contributed by atoms with E-state index in [9.17, 15) is 9.59 Å². The first-order valence-electron chi connectivity index (χ1n) is 6.17. The quantitative estimate of drug-likeness (QED) is 0.812. The third-order valence-corrected chi connectivity index (χ3v) is 4.07. The molecule has 0 fully saturated rings. The van der Waals surface area contributed by atoms with Crippen LogP contribution in [0.4, 0.5) is 5.00 Å². The lowest BCUT2D eigenvalue weighted by molar-refractivity contribution is -0.117. The molecule has 1 unspecified atom stereocenters. The van der Waals surface area contributed by atoms with Crippen molar-refractivity contribution in [3.05, 3.63) is 16.0 Å². The molecular weight excluding hydrogens is 264 g/mol. The molecule has 0 radical (unpaired) electrons. The van der Waals surface area contributed by atoms with Crippen LogP contribution in [0.2, 0.25) is 0 Å². The molecule has 1 rings (SSSR count). The van der Waals surface area contributed by atoms with Gasteiger partial charge in [0.1, 0.15) is 5.00 Å². The van der Waals surface area contributed by atoms with Gasteiger partial charge in [-0.25, -0.2) is 4.79 Å². The average Bonchev–Trinajstić information content (AvgIpc) is 2.64. The summed E-state index contributed by atoms with van der Waals surface area (Å²) in [5.74, 6) is -0.713. The van der Waals surface area contributed by atoms with Crippen LogP contribution in [0.1, 0.15) is 40.6 Å². The van der Waals surface area contributed by atoms with Gasteiger partial charge in [-0.2, -0.15) is 0 Å². The van der Waals surface area contributed by atoms with Crippen LogP contribution < -0.4 is 11.1 Å². The van der Waals surface area contributed by atoms with Crippen LogP contribution in [0.25, 0.3) is 0 Å². The lowest BCUT2D eigenvalue weighted by Crippen LogP contribution is -2.35. The standard InChI is InChI=1S/C13H20N2O3S/c1-5-6-9(14)11(16)15-12-10(13(17)18-4)7(2)8(3)19-12/h9H,5-6,14H2,1-4H3,(H,15,16). The van der Waals surface area contributed by atoms with E-state index in [4.69, 9.17) is 10.5 Å². The number of esters is 1. The Labute approximate surface area is 117 Å². The van der Waals surface area contributed by atoms with Gasteiger partial charge in [0.2, 0.25) is 5.91 Å². The molecule has 19 heavy (non-hydrogen) atoms. The van der Waals surface area contributed by atoms with Crippen molar-refractivity contribution in [3.8, 4) is 0 Å². The number of anilines is 1. The molecule has 0 bridgehead atoms. The molecule has 0 aliphatic carbocycles. The van der Waals surface area contributed by atoms with Crippen molar-refractivity contribution in [3.63, 3.8) is 0 Å². The molecule has 0 saturated heterocycles. The Morgan fingerprint density at radius 1 is 1.42 bits per heavy atom. The van der Waals surface area contributed by atoms with E-state index in [1.165, 1.54) is 18.4 Å². The summed E-state index contributed by atoms with van der Waals surface area (Å²) in [5.41, 5.74) is 7.00. The van der Waals surface area contributed by atoms with Gasteiger partial charge in [0.15, 0.2) is 0 Å². The van der Waals surface area contributed by atoms with Crippen molar-refractivity contribution < 1.29 is 14.3 Å². The van der Waals surface area contributed by atoms with Crippen molar-refractivity contribution >= 4 is 28.2 Å². The van der Waals surface area contributed by atoms with Crippen molar-refractivity contribution in [1.82, 2.24) is 0 Å². The summed E-state index contributed by atoms with van der Waals surface area (Å²) in [4.78, 5) is 24.6. The van der Waals surface area contributed by atoms with Crippen molar-refractivity contribution in [1.29, 1.82) is 0 Å². The molecule has 0 aliphatic rings. The van der Waals surface area contributed by atoms with E-state index >= 15 is 0 Å². The van der Waals surface area contributed by atoms with Gasteiger partial charge in [-0.3, -0.25) is 4.79 Å². The van der Waals surface area contributed by atoms with Crippen LogP contribution in [-0.2, 0) is 9.53 Å². The second-order valence-corrected chi connectivity index (χ2v) is 5.59. The monoisotopic (exact) mass is 284 g/mol. The molecule has 1 heterocycles. The molecule has 0 spiro atoms. The predicted molar refractivity (Wildman–Crippen MR) is 76.6 cm³/mol. The molecule has 6 heteroatoms. The summed E-state index contributed by atoms with van der Waals surface area (Å²) in [5, 5.41) is 3.24. The van der Waals surface area contributed by atoms with E-state index < -0.39 is 12.0 Å². The first kappa shape index (κ1) is 15.7. The highest BCUT2D eigenvalue weighted by molar-refractivity contribution is 7.16. The Kier molecular flexibility index (Phi) is 5.50. The van der Waals surface area contributed by atoms with Crippen LogP contribution in [0.5, 0.6) is 0 Å². The van der Waals surface area contributed by atoms with E-state index in [1.807, 2.05) is 20.8 Å². The van der Waals surface area contributed by atoms with Crippen LogP contribution in [0.3, 0.4) is 0 Å². The summed E-state index contributed by atoms with van der Waals surface area (Å²) in [6.07, 6.45) is 1.45. The number of thiophene rings is 1. The topological polar surface area (TPSA) is 81.4 Å². The molecular formula is C13H20N2O3S. The van der Waals surface area contributed by atoms with E-state index in [-0.39, 0.29) is 5.91 Å². The lowest BCUT2D eigenvalue weighted by Gasteiger charge is -2.11. The molecule has 5 nitrogen and oxygen atoms in total. The number of ether oxygens (including phenoxy) is 1. The fourth-order valence-electron chi connectivity index (χ4n) is 1.71. The maximum absolute atomic E-state index is 11.9. The van der Waals surface area contributed by atoms with E-state index in [1.54, 1.807) is 0 Å². The zero-order chi connectivity index (χ0) is 14.6. The fraction of sp³-hybridized carbons (Fsp3) is 0.538. The van der Waals surface area contributed by atoms with E-state index in [2.05, 4.69) is 5.32 Å². The fourth-order valence-corrected chi connectivity index (χ4v) is 2.76. The third kappa shape index (κ3) is 3.54. The minimum atomic E-state index is -0.557. The van der Waals surface area contributed by atoms with Crippen LogP contribution in [0, 0.1) is 13.8 Å². The van der Waals surface area contributed by atoms with Gasteiger partial charge in [-0.15, -0.1) is 11.3 Å². The normalized spacial score (nSPS) is 12.1. The van der Waals surface area contributed by atoms with Gasteiger partial charge in [0.05, 0.1) is 18.7 Å². The molecule has 1 aromatic heterocycles. The number of nitrogens with one attached hydrogen (secondary N) is 1. The maximum atomic E-state index is 11.9. The Balaban J connectivity index is 2.98. The highest BCUT2D eigenvalue weighted by Gasteiger charge is 2.23. The predicted octanol–water partition coefficient (Wildman–Crippen LogP) is 2.22. The lowest BCUT2D eigenvalue weighted by atomic mass is 10.1. The van der Waals surface area contributed by atoms with Gasteiger partial charge in [-0.1, -0.05) is 13.3 Å². The van der Waals surface area contributed by atoms with Gasteiger partial charge in [-0.05, 0) is 25.8 Å². The number of hydrogen-bond acceptors (Lipinski definition) is 5. The highest BCUT2D eigenvalue weighted by atomic mass is 32.1. The molecule has 1 amide bonds. The molecule has 0 aromatic carbocycles. The van der Waals surface area contributed by atoms with Crippen molar-refractivity contribution in [2.24, 2.45) is 5.73 Å². The Bertz CT molecular complexity index is 482. The second-order valence-electron chi connectivity index (χ2n) is 4.36. The Morgan fingerprint density at radius 3 is 2.58 bits per heavy atom. The zero-order valence-electron chi connectivity index (χ0n) is 11.7. The number of aryl methyl sites for hydroxylation is 1. The Morgan fingerprint density at radius 2 is 2.05 bits per heavy atom. The van der Waals surface area contributed by atoms with E-state index in [0.717, 1.165) is 16.9 Å². The first-order valence-corrected chi connectivity index (χ1v) is 6.98. The highest BCUT2D eigenvalue weighted by Crippen LogP contribution is 2.33. The van der Waals surface area contributed by atoms with Crippen LogP contribution in [-0.4, -0.2) is 25.0 Å². The summed E-state index contributed by atoms with van der Waals surface area (Å²) in [6.45, 7) is 5.69. The van der Waals surface area contributed by atoms with Crippen molar-refractivity contribution in [2.45, 2.75) is 39.7 Å². The number of hydrogen-bond donors (Lipinski definition) is 2. The maximum Gasteiger partial charge on any atom is 0.341 e. The number of nitrogens with two attached hydrogens (primary N) is 1. The number of carbonyl (C=O) groups is 2. The Hall–Kier alpha value is -1.40. The summed E-state index contributed by atoms with van der Waals surface area (Å²) in [6, 6.07) is -0.557. The summed E-state index contributed by atoms with van der Waals surface area (Å²) < 4.78 is 4.75. The summed E-state index contributed by atoms with van der Waals surface area (Å²) >= 11 is 1.36. The van der Waals surface area contributed by atoms with Crippen LogP contribution in [0.15, 0.2) is 0 Å². The molecule has 0 aliphatic heterocycles. The second kappa shape index (κ2) is 6.68. The van der Waals surface area contributed by atoms with Gasteiger partial charge < -0.3 is 15.8 Å². The molecule has 0 saturated carbocycles. The average molecular weight is 284 g/mol. The van der Waals surface area contributed by atoms with Crippen molar-refractivity contribution in [2.75, 3.05) is 12.4 Å². The molecule has 1 atom stereocenters. The minimum absolute atomic E-state index is 0.270. The van der Waals surface area contributed by atoms with E-state index in [0.29, 0.717) is 17.0 Å². The van der Waals surface area contributed by atoms with Crippen LogP contribution >= 0.6 is 11.3 Å². The smallest absolute Gasteiger partial charge is 0.341 e. The number of carbonyl (C=O) groups excluding carboxylic acids is 2. The molecule has 1 aromatic rings. The zero-order valence-corrected chi connectivity index (χ0v) is 12.5. The SMILES string of the molecule is CCCC(N)C(=O)Nc1sc(C)c(C)c1C(=O)OC.